The minimum absolute atomic E-state index is 0.0264. The van der Waals surface area contributed by atoms with Crippen LogP contribution in [0.5, 0.6) is 0 Å². The summed E-state index contributed by atoms with van der Waals surface area (Å²) in [6.07, 6.45) is 0. The molecule has 0 aliphatic carbocycles. The average molecular weight is 532 g/mol. The lowest BCUT2D eigenvalue weighted by Gasteiger charge is -2.16. The maximum absolute atomic E-state index is 14.3. The highest BCUT2D eigenvalue weighted by molar-refractivity contribution is 14.1. The van der Waals surface area contributed by atoms with Gasteiger partial charge in [-0.3, -0.25) is 4.72 Å². The fraction of sp³-hybridized carbons (Fsp3) is 0.250. The summed E-state index contributed by atoms with van der Waals surface area (Å²) in [5.41, 5.74) is -0.257. The average Bonchev–Trinajstić information content (AvgIpc) is 2.60. The molecule has 0 unspecified atom stereocenters. The minimum atomic E-state index is -4.02. The first-order valence-electron chi connectivity index (χ1n) is 7.78. The summed E-state index contributed by atoms with van der Waals surface area (Å²) >= 11 is 8.16. The zero-order valence-corrected chi connectivity index (χ0v) is 17.9. The molecule has 0 atom stereocenters. The van der Waals surface area contributed by atoms with E-state index in [9.17, 15) is 17.2 Å². The first-order valence-corrected chi connectivity index (χ1v) is 10.7. The highest BCUT2D eigenvalue weighted by Gasteiger charge is 2.19. The number of ether oxygens (including phenoxy) is 1. The van der Waals surface area contributed by atoms with Gasteiger partial charge in [-0.05, 0) is 59.8 Å². The third-order valence-corrected chi connectivity index (χ3v) is 5.33. The van der Waals surface area contributed by atoms with Crippen LogP contribution in [0.15, 0.2) is 30.3 Å². The molecule has 6 nitrogen and oxygen atoms in total. The molecule has 3 N–H and O–H groups in total. The van der Waals surface area contributed by atoms with Crippen LogP contribution >= 0.6 is 34.2 Å². The molecule has 0 aromatic heterocycles. The van der Waals surface area contributed by atoms with Gasteiger partial charge < -0.3 is 10.1 Å². The molecule has 2 rings (SSSR count). The Bertz CT molecular complexity index is 916. The zero-order chi connectivity index (χ0) is 20.0. The van der Waals surface area contributed by atoms with E-state index in [4.69, 9.17) is 16.3 Å². The van der Waals surface area contributed by atoms with Crippen LogP contribution in [0, 0.1) is 15.2 Å². The molecule has 0 spiro atoms. The number of nitrogens with one attached hydrogen (secondary N) is 3. The quantitative estimate of drug-likeness (QED) is 0.334. The molecule has 0 amide bonds. The monoisotopic (exact) mass is 531 g/mol. The summed E-state index contributed by atoms with van der Waals surface area (Å²) < 4.78 is 62.6. The van der Waals surface area contributed by atoms with Crippen LogP contribution in [0.4, 0.5) is 25.8 Å². The fourth-order valence-electron chi connectivity index (χ4n) is 2.06. The van der Waals surface area contributed by atoms with E-state index in [1.165, 1.54) is 0 Å². The van der Waals surface area contributed by atoms with Gasteiger partial charge in [0.25, 0.3) is 10.2 Å². The Morgan fingerprint density at radius 2 is 1.89 bits per heavy atom. The van der Waals surface area contributed by atoms with Gasteiger partial charge in [-0.1, -0.05) is 11.6 Å². The van der Waals surface area contributed by atoms with Crippen molar-refractivity contribution in [2.24, 2.45) is 0 Å². The molecule has 0 saturated carbocycles. The van der Waals surface area contributed by atoms with Gasteiger partial charge in [0.2, 0.25) is 0 Å². The molecule has 27 heavy (non-hydrogen) atoms. The first-order chi connectivity index (χ1) is 12.7. The number of hydrogen-bond donors (Lipinski definition) is 3. The molecule has 0 radical (unpaired) electrons. The highest BCUT2D eigenvalue weighted by atomic mass is 127. The molecule has 11 heteroatoms. The van der Waals surface area contributed by atoms with Gasteiger partial charge in [0.05, 0.1) is 23.0 Å². The second kappa shape index (κ2) is 9.82. The van der Waals surface area contributed by atoms with Crippen molar-refractivity contribution >= 4 is 61.5 Å². The van der Waals surface area contributed by atoms with E-state index >= 15 is 0 Å². The van der Waals surface area contributed by atoms with Gasteiger partial charge >= 0.3 is 0 Å². The zero-order valence-electron chi connectivity index (χ0n) is 14.2. The Balaban J connectivity index is 2.28. The summed E-state index contributed by atoms with van der Waals surface area (Å²) in [7, 11) is -4.02. The van der Waals surface area contributed by atoms with Gasteiger partial charge in [0.1, 0.15) is 5.69 Å². The molecule has 2 aromatic rings. The van der Waals surface area contributed by atoms with Gasteiger partial charge in [-0.25, -0.2) is 8.78 Å². The molecule has 0 saturated heterocycles. The molecular weight excluding hydrogens is 515 g/mol. The summed E-state index contributed by atoms with van der Waals surface area (Å²) in [5.74, 6) is -2.37. The Morgan fingerprint density at radius 1 is 1.19 bits per heavy atom. The minimum Gasteiger partial charge on any atom is -0.380 e. The van der Waals surface area contributed by atoms with Crippen molar-refractivity contribution in [2.45, 2.75) is 6.92 Å². The maximum Gasteiger partial charge on any atom is 0.299 e. The van der Waals surface area contributed by atoms with Crippen molar-refractivity contribution in [1.82, 2.24) is 4.72 Å². The normalized spacial score (nSPS) is 11.4. The molecular formula is C16H17ClF2IN3O3S. The second-order valence-corrected chi connectivity index (χ2v) is 8.38. The van der Waals surface area contributed by atoms with E-state index in [-0.39, 0.29) is 29.5 Å². The van der Waals surface area contributed by atoms with E-state index in [0.29, 0.717) is 12.3 Å². The Morgan fingerprint density at radius 3 is 2.56 bits per heavy atom. The van der Waals surface area contributed by atoms with E-state index in [1.54, 1.807) is 25.1 Å². The standard InChI is InChI=1S/C16H17ClF2IN3O3S/c1-2-26-8-7-21-27(24,25)23-14-6-4-12(18)15(19)16(14)22-13-5-3-10(20)9-11(13)17/h3-6,9,21-23H,2,7-8H2,1H3. The SMILES string of the molecule is CCOCCNS(=O)(=O)Nc1ccc(F)c(F)c1Nc1ccc(I)cc1Cl. The summed E-state index contributed by atoms with van der Waals surface area (Å²) in [4.78, 5) is 0. The van der Waals surface area contributed by atoms with E-state index < -0.39 is 21.8 Å². The van der Waals surface area contributed by atoms with Gasteiger partial charge in [-0.2, -0.15) is 13.1 Å². The van der Waals surface area contributed by atoms with Crippen molar-refractivity contribution in [3.8, 4) is 0 Å². The third-order valence-electron chi connectivity index (χ3n) is 3.27. The predicted molar refractivity (Wildman–Crippen MR) is 111 cm³/mol. The highest BCUT2D eigenvalue weighted by Crippen LogP contribution is 2.34. The van der Waals surface area contributed by atoms with Crippen LogP contribution in [0.2, 0.25) is 5.02 Å². The molecule has 0 aliphatic rings. The summed E-state index contributed by atoms with van der Waals surface area (Å²) in [6.45, 7) is 2.43. The number of anilines is 3. The number of benzene rings is 2. The van der Waals surface area contributed by atoms with Gasteiger partial charge in [-0.15, -0.1) is 0 Å². The Hall–Kier alpha value is -1.21. The fourth-order valence-corrected chi connectivity index (χ4v) is 3.84. The van der Waals surface area contributed by atoms with Crippen molar-refractivity contribution in [3.63, 3.8) is 0 Å². The number of hydrogen-bond acceptors (Lipinski definition) is 4. The number of rotatable bonds is 9. The maximum atomic E-state index is 14.3. The van der Waals surface area contributed by atoms with Crippen molar-refractivity contribution in [1.29, 1.82) is 0 Å². The molecule has 0 fully saturated rings. The lowest BCUT2D eigenvalue weighted by molar-refractivity contribution is 0.153. The predicted octanol–water partition coefficient (Wildman–Crippen LogP) is 4.25. The van der Waals surface area contributed by atoms with Gasteiger partial charge in [0, 0.05) is 16.7 Å². The smallest absolute Gasteiger partial charge is 0.299 e. The van der Waals surface area contributed by atoms with Crippen molar-refractivity contribution in [3.05, 3.63) is 50.6 Å². The molecule has 2 aromatic carbocycles. The Labute approximate surface area is 175 Å². The van der Waals surface area contributed by atoms with Crippen LogP contribution < -0.4 is 14.8 Å². The van der Waals surface area contributed by atoms with Gasteiger partial charge in [0.15, 0.2) is 11.6 Å². The third kappa shape index (κ3) is 6.42. The molecule has 0 heterocycles. The second-order valence-electron chi connectivity index (χ2n) is 5.23. The van der Waals surface area contributed by atoms with E-state index in [1.807, 2.05) is 0 Å². The van der Waals surface area contributed by atoms with Crippen molar-refractivity contribution < 1.29 is 21.9 Å². The lowest BCUT2D eigenvalue weighted by atomic mass is 10.2. The van der Waals surface area contributed by atoms with E-state index in [0.717, 1.165) is 15.7 Å². The van der Waals surface area contributed by atoms with Crippen LogP contribution in [0.25, 0.3) is 0 Å². The molecule has 0 bridgehead atoms. The summed E-state index contributed by atoms with van der Waals surface area (Å²) in [5, 5.41) is 2.92. The topological polar surface area (TPSA) is 79.5 Å². The first kappa shape index (κ1) is 22.1. The number of halogens is 4. The van der Waals surface area contributed by atoms with Crippen molar-refractivity contribution in [2.75, 3.05) is 29.8 Å². The van der Waals surface area contributed by atoms with Crippen LogP contribution in [-0.4, -0.2) is 28.2 Å². The largest absolute Gasteiger partial charge is 0.380 e. The van der Waals surface area contributed by atoms with E-state index in [2.05, 4.69) is 37.4 Å². The van der Waals surface area contributed by atoms with Crippen LogP contribution in [0.3, 0.4) is 0 Å². The van der Waals surface area contributed by atoms with Crippen LogP contribution in [-0.2, 0) is 14.9 Å². The Kier molecular flexibility index (Phi) is 8.04. The lowest BCUT2D eigenvalue weighted by Crippen LogP contribution is -2.33. The summed E-state index contributed by atoms with van der Waals surface area (Å²) in [6, 6.07) is 6.86. The van der Waals surface area contributed by atoms with Crippen LogP contribution in [0.1, 0.15) is 6.92 Å². The molecule has 0 aliphatic heterocycles. The molecule has 148 valence electrons.